The molecule has 0 fully saturated rings. The maximum absolute atomic E-state index is 4.66. The van der Waals surface area contributed by atoms with Crippen molar-refractivity contribution in [2.75, 3.05) is 27.4 Å². The Kier molecular flexibility index (Phi) is 13.3. The molecule has 0 aromatic carbocycles. The van der Waals surface area contributed by atoms with E-state index in [4.69, 9.17) is 0 Å². The van der Waals surface area contributed by atoms with Crippen molar-refractivity contribution in [1.29, 1.82) is 0 Å². The van der Waals surface area contributed by atoms with Crippen LogP contribution >= 0.6 is 0 Å². The van der Waals surface area contributed by atoms with E-state index in [1.165, 1.54) is 0 Å². The van der Waals surface area contributed by atoms with Crippen molar-refractivity contribution in [2.24, 2.45) is 0 Å². The number of methoxy groups -OCH3 is 2. The molecule has 0 aromatic heterocycles. The molecule has 0 aromatic rings. The third-order valence-electron chi connectivity index (χ3n) is 0.492. The first kappa shape index (κ1) is 10.0. The maximum atomic E-state index is 4.66. The molecule has 0 saturated carbocycles. The standard InChI is InChI=1S/C4H10O2.CH3/c1-5-3-4-6-2;/h3-4H2,1-2H3;1H3. The highest BCUT2D eigenvalue weighted by molar-refractivity contribution is 4.17. The summed E-state index contributed by atoms with van der Waals surface area (Å²) in [5.74, 6) is 0. The highest BCUT2D eigenvalue weighted by Gasteiger charge is 1.73. The highest BCUT2D eigenvalue weighted by atomic mass is 16.5. The first-order valence-electron chi connectivity index (χ1n) is 1.89. The maximum Gasteiger partial charge on any atom is 0.0696 e. The minimum absolute atomic E-state index is 0. The Hall–Kier alpha value is -0.0800. The van der Waals surface area contributed by atoms with E-state index in [9.17, 15) is 0 Å². The van der Waals surface area contributed by atoms with Gasteiger partial charge in [-0.15, -0.1) is 0 Å². The number of rotatable bonds is 3. The van der Waals surface area contributed by atoms with E-state index < -0.39 is 0 Å². The summed E-state index contributed by atoms with van der Waals surface area (Å²) in [5.41, 5.74) is 0. The minimum Gasteiger partial charge on any atom is -0.382 e. The van der Waals surface area contributed by atoms with Crippen LogP contribution < -0.4 is 0 Å². The molecule has 0 aliphatic heterocycles. The van der Waals surface area contributed by atoms with Crippen LogP contribution in [-0.4, -0.2) is 27.4 Å². The zero-order chi connectivity index (χ0) is 4.83. The van der Waals surface area contributed by atoms with Gasteiger partial charge in [0, 0.05) is 14.2 Å². The van der Waals surface area contributed by atoms with Gasteiger partial charge in [0.05, 0.1) is 13.2 Å². The van der Waals surface area contributed by atoms with E-state index in [0.29, 0.717) is 13.2 Å². The summed E-state index contributed by atoms with van der Waals surface area (Å²) in [7, 11) is 3.30. The van der Waals surface area contributed by atoms with Crippen LogP contribution in [0.4, 0.5) is 0 Å². The second-order valence-electron chi connectivity index (χ2n) is 0.986. The molecule has 1 radical (unpaired) electrons. The first-order valence-corrected chi connectivity index (χ1v) is 1.89. The molecular weight excluding hydrogens is 92.1 g/mol. The van der Waals surface area contributed by atoms with Crippen molar-refractivity contribution in [3.8, 4) is 0 Å². The van der Waals surface area contributed by atoms with Gasteiger partial charge in [-0.2, -0.15) is 0 Å². The molecule has 2 nitrogen and oxygen atoms in total. The van der Waals surface area contributed by atoms with Crippen molar-refractivity contribution in [1.82, 2.24) is 0 Å². The van der Waals surface area contributed by atoms with Crippen molar-refractivity contribution in [3.05, 3.63) is 7.43 Å². The molecule has 0 aliphatic rings. The van der Waals surface area contributed by atoms with E-state index in [1.54, 1.807) is 14.2 Å². The predicted molar refractivity (Wildman–Crippen MR) is 30.2 cm³/mol. The van der Waals surface area contributed by atoms with Crippen molar-refractivity contribution < 1.29 is 9.47 Å². The van der Waals surface area contributed by atoms with Crippen molar-refractivity contribution in [3.63, 3.8) is 0 Å². The molecule has 0 rings (SSSR count). The third kappa shape index (κ3) is 10.7. The van der Waals surface area contributed by atoms with Gasteiger partial charge in [-0.25, -0.2) is 0 Å². The van der Waals surface area contributed by atoms with Gasteiger partial charge in [-0.05, 0) is 0 Å². The second kappa shape index (κ2) is 9.33. The van der Waals surface area contributed by atoms with E-state index in [-0.39, 0.29) is 7.43 Å². The molecule has 0 bridgehead atoms. The smallest absolute Gasteiger partial charge is 0.0696 e. The Morgan fingerprint density at radius 2 is 1.29 bits per heavy atom. The Morgan fingerprint density at radius 3 is 1.43 bits per heavy atom. The Balaban J connectivity index is 0. The van der Waals surface area contributed by atoms with E-state index in [0.717, 1.165) is 0 Å². The Morgan fingerprint density at radius 1 is 1.00 bits per heavy atom. The van der Waals surface area contributed by atoms with Gasteiger partial charge in [0.2, 0.25) is 0 Å². The quantitative estimate of drug-likeness (QED) is 0.492. The van der Waals surface area contributed by atoms with Crippen LogP contribution in [0.1, 0.15) is 0 Å². The van der Waals surface area contributed by atoms with Crippen molar-refractivity contribution >= 4 is 0 Å². The molecule has 0 atom stereocenters. The van der Waals surface area contributed by atoms with Crippen molar-refractivity contribution in [2.45, 2.75) is 0 Å². The van der Waals surface area contributed by atoms with Crippen LogP contribution in [0.3, 0.4) is 0 Å². The van der Waals surface area contributed by atoms with Crippen LogP contribution in [0.15, 0.2) is 0 Å². The second-order valence-corrected chi connectivity index (χ2v) is 0.986. The minimum atomic E-state index is 0. The molecule has 45 valence electrons. The summed E-state index contributed by atoms with van der Waals surface area (Å²) in [4.78, 5) is 0. The Labute approximate surface area is 45.4 Å². The van der Waals surface area contributed by atoms with Crippen LogP contribution in [0.2, 0.25) is 0 Å². The molecule has 0 spiro atoms. The SMILES string of the molecule is COCCOC.[CH3]. The molecule has 0 N–H and O–H groups in total. The lowest BCUT2D eigenvalue weighted by atomic mass is 10.8. The molecular formula is C5H13O2. The normalized spacial score (nSPS) is 7.71. The zero-order valence-electron chi connectivity index (χ0n) is 5.23. The fraction of sp³-hybridized carbons (Fsp3) is 0.800. The molecule has 0 aliphatic carbocycles. The highest BCUT2D eigenvalue weighted by Crippen LogP contribution is 1.65. The summed E-state index contributed by atoms with van der Waals surface area (Å²) in [5, 5.41) is 0. The molecule has 0 heterocycles. The zero-order valence-corrected chi connectivity index (χ0v) is 5.23. The molecule has 2 heteroatoms. The summed E-state index contributed by atoms with van der Waals surface area (Å²) >= 11 is 0. The Bertz CT molecular complexity index is 18.0. The molecule has 0 saturated heterocycles. The summed E-state index contributed by atoms with van der Waals surface area (Å²) in [6, 6.07) is 0. The van der Waals surface area contributed by atoms with Crippen LogP contribution in [0.5, 0.6) is 0 Å². The number of hydrogen-bond acceptors (Lipinski definition) is 2. The number of hydrogen-bond donors (Lipinski definition) is 0. The van der Waals surface area contributed by atoms with E-state index >= 15 is 0 Å². The van der Waals surface area contributed by atoms with Gasteiger partial charge < -0.3 is 9.47 Å². The van der Waals surface area contributed by atoms with Crippen LogP contribution in [0, 0.1) is 7.43 Å². The number of ether oxygens (including phenoxy) is 2. The summed E-state index contributed by atoms with van der Waals surface area (Å²) < 4.78 is 9.31. The fourth-order valence-corrected chi connectivity index (χ4v) is 0.167. The monoisotopic (exact) mass is 105 g/mol. The third-order valence-corrected chi connectivity index (χ3v) is 0.492. The van der Waals surface area contributed by atoms with Gasteiger partial charge >= 0.3 is 0 Å². The lowest BCUT2D eigenvalue weighted by Crippen LogP contribution is -1.96. The lowest BCUT2D eigenvalue weighted by Gasteiger charge is -1.91. The average Bonchev–Trinajstić information content (AvgIpc) is 1.61. The average molecular weight is 105 g/mol. The first-order chi connectivity index (χ1) is 2.91. The van der Waals surface area contributed by atoms with Crippen LogP contribution in [0.25, 0.3) is 0 Å². The summed E-state index contributed by atoms with van der Waals surface area (Å²) in [6.07, 6.45) is 0. The van der Waals surface area contributed by atoms with Gasteiger partial charge in [0.1, 0.15) is 0 Å². The van der Waals surface area contributed by atoms with Crippen LogP contribution in [-0.2, 0) is 9.47 Å². The fourth-order valence-electron chi connectivity index (χ4n) is 0.167. The molecule has 7 heavy (non-hydrogen) atoms. The largest absolute Gasteiger partial charge is 0.382 e. The lowest BCUT2D eigenvalue weighted by molar-refractivity contribution is 0.103. The van der Waals surface area contributed by atoms with E-state index in [2.05, 4.69) is 9.47 Å². The predicted octanol–water partition coefficient (Wildman–Crippen LogP) is 0.729. The topological polar surface area (TPSA) is 18.5 Å². The van der Waals surface area contributed by atoms with Gasteiger partial charge in [-0.3, -0.25) is 0 Å². The molecule has 0 amide bonds. The van der Waals surface area contributed by atoms with Gasteiger partial charge in [0.15, 0.2) is 0 Å². The summed E-state index contributed by atoms with van der Waals surface area (Å²) in [6.45, 7) is 1.38. The van der Waals surface area contributed by atoms with E-state index in [1.807, 2.05) is 0 Å². The molecule has 0 unspecified atom stereocenters. The van der Waals surface area contributed by atoms with Gasteiger partial charge in [-0.1, -0.05) is 7.43 Å². The van der Waals surface area contributed by atoms with Gasteiger partial charge in [0.25, 0.3) is 0 Å².